The molecule has 1 unspecified atom stereocenters. The first kappa shape index (κ1) is 23.8. The number of unbranched alkanes of at least 4 members (excludes halogenated alkanes) is 3. The second-order valence-electron chi connectivity index (χ2n) is 9.13. The van der Waals surface area contributed by atoms with E-state index < -0.39 is 18.3 Å². The Morgan fingerprint density at radius 3 is 2.35 bits per heavy atom. The number of carbonyl (C=O) groups is 1. The number of fused-ring (bicyclic) bond motifs is 1. The summed E-state index contributed by atoms with van der Waals surface area (Å²) in [5.74, 6) is -0.0975. The molecule has 5 heteroatoms. The Kier molecular flexibility index (Phi) is 8.58. The summed E-state index contributed by atoms with van der Waals surface area (Å²) >= 11 is 0. The highest BCUT2D eigenvalue weighted by atomic mass is 19.1. The van der Waals surface area contributed by atoms with E-state index in [2.05, 4.69) is 0 Å². The number of aliphatic hydroxyl groups is 3. The van der Waals surface area contributed by atoms with E-state index in [4.69, 9.17) is 0 Å². The highest BCUT2D eigenvalue weighted by Crippen LogP contribution is 2.40. The monoisotopic (exact) mass is 430 g/mol. The van der Waals surface area contributed by atoms with Gasteiger partial charge in [-0.2, -0.15) is 0 Å². The van der Waals surface area contributed by atoms with Gasteiger partial charge in [0.2, 0.25) is 0 Å². The topological polar surface area (TPSA) is 77.8 Å². The Labute approximate surface area is 184 Å². The van der Waals surface area contributed by atoms with Crippen LogP contribution in [0.15, 0.2) is 36.4 Å². The molecule has 5 atom stereocenters. The minimum atomic E-state index is -0.748. The molecule has 1 aliphatic carbocycles. The molecule has 0 saturated heterocycles. The fraction of sp³-hybridized carbons (Fsp3) is 0.577. The molecule has 0 spiro atoms. The van der Waals surface area contributed by atoms with E-state index in [1.54, 1.807) is 25.1 Å². The lowest BCUT2D eigenvalue weighted by molar-refractivity contribution is -0.117. The van der Waals surface area contributed by atoms with Crippen LogP contribution < -0.4 is 0 Å². The zero-order valence-electron chi connectivity index (χ0n) is 18.3. The second kappa shape index (κ2) is 11.2. The average Bonchev–Trinajstić information content (AvgIpc) is 3.00. The van der Waals surface area contributed by atoms with Crippen LogP contribution in [0.5, 0.6) is 0 Å². The maximum Gasteiger partial charge on any atom is 0.131 e. The standard InChI is InChI=1S/C26H35FO4/c1-17(28)8-4-2-3-5-9-21-22(26(31)16-25(21)30)14-15-24(29)20-12-6-11-19-18(20)10-7-13-23(19)27/h6-7,10-13,21-22,24-26,29-31H,2-5,8-9,14-16H2,1H3/t21-,22-,24?,25+,26-/m1/s1. The van der Waals surface area contributed by atoms with E-state index in [1.165, 1.54) is 6.07 Å². The molecule has 1 saturated carbocycles. The molecule has 0 aliphatic heterocycles. The van der Waals surface area contributed by atoms with Gasteiger partial charge in [0.15, 0.2) is 0 Å². The lowest BCUT2D eigenvalue weighted by atomic mass is 9.84. The summed E-state index contributed by atoms with van der Waals surface area (Å²) in [6.07, 6.45) is 5.00. The predicted molar refractivity (Wildman–Crippen MR) is 120 cm³/mol. The third-order valence-electron chi connectivity index (χ3n) is 6.87. The summed E-state index contributed by atoms with van der Waals surface area (Å²) in [5, 5.41) is 33.0. The molecule has 4 nitrogen and oxygen atoms in total. The Bertz CT molecular complexity index is 868. The third-order valence-corrected chi connectivity index (χ3v) is 6.87. The SMILES string of the molecule is CC(=O)CCCCCC[C@@H]1[C@@H](CCC(O)c2cccc3c(F)cccc23)[C@H](O)C[C@@H]1O. The van der Waals surface area contributed by atoms with Crippen molar-refractivity contribution in [3.05, 3.63) is 47.8 Å². The van der Waals surface area contributed by atoms with E-state index in [9.17, 15) is 24.5 Å². The number of halogens is 1. The fourth-order valence-corrected chi connectivity index (χ4v) is 5.18. The van der Waals surface area contributed by atoms with Crippen LogP contribution in [-0.4, -0.2) is 33.3 Å². The van der Waals surface area contributed by atoms with Gasteiger partial charge in [-0.05, 0) is 67.9 Å². The summed E-state index contributed by atoms with van der Waals surface area (Å²) < 4.78 is 14.1. The first-order valence-corrected chi connectivity index (χ1v) is 11.6. The summed E-state index contributed by atoms with van der Waals surface area (Å²) in [6.45, 7) is 1.62. The summed E-state index contributed by atoms with van der Waals surface area (Å²) in [7, 11) is 0. The number of hydrogen-bond donors (Lipinski definition) is 3. The molecule has 0 heterocycles. The maximum atomic E-state index is 14.1. The minimum absolute atomic E-state index is 0.0277. The van der Waals surface area contributed by atoms with Crippen molar-refractivity contribution in [2.75, 3.05) is 0 Å². The molecule has 0 aromatic heterocycles. The molecule has 2 aromatic carbocycles. The van der Waals surface area contributed by atoms with Crippen molar-refractivity contribution in [1.29, 1.82) is 0 Å². The molecule has 1 aliphatic rings. The number of carbonyl (C=O) groups excluding carboxylic acids is 1. The number of ketones is 1. The molecule has 31 heavy (non-hydrogen) atoms. The molecule has 0 bridgehead atoms. The van der Waals surface area contributed by atoms with Crippen LogP contribution in [0.4, 0.5) is 4.39 Å². The van der Waals surface area contributed by atoms with Crippen molar-refractivity contribution in [2.24, 2.45) is 11.8 Å². The van der Waals surface area contributed by atoms with Gasteiger partial charge in [0, 0.05) is 11.8 Å². The van der Waals surface area contributed by atoms with Gasteiger partial charge >= 0.3 is 0 Å². The van der Waals surface area contributed by atoms with Crippen molar-refractivity contribution in [1.82, 2.24) is 0 Å². The van der Waals surface area contributed by atoms with Crippen molar-refractivity contribution in [3.63, 3.8) is 0 Å². The predicted octanol–water partition coefficient (Wildman–Crippen LogP) is 5.08. The Morgan fingerprint density at radius 2 is 1.61 bits per heavy atom. The molecule has 3 N–H and O–H groups in total. The Hall–Kier alpha value is -1.82. The number of benzene rings is 2. The number of Topliss-reactive ketones (excluding diaryl/α,β-unsaturated/α-hetero) is 1. The van der Waals surface area contributed by atoms with Gasteiger partial charge in [-0.25, -0.2) is 4.39 Å². The third kappa shape index (κ3) is 6.12. The van der Waals surface area contributed by atoms with E-state index in [-0.39, 0.29) is 23.4 Å². The van der Waals surface area contributed by atoms with Crippen molar-refractivity contribution in [3.8, 4) is 0 Å². The molecule has 170 valence electrons. The second-order valence-corrected chi connectivity index (χ2v) is 9.13. The van der Waals surface area contributed by atoms with Crippen LogP contribution in [0.25, 0.3) is 10.8 Å². The lowest BCUT2D eigenvalue weighted by Crippen LogP contribution is -2.23. The van der Waals surface area contributed by atoms with Gasteiger partial charge in [-0.15, -0.1) is 0 Å². The highest BCUT2D eigenvalue weighted by Gasteiger charge is 2.40. The summed E-state index contributed by atoms with van der Waals surface area (Å²) in [5.41, 5.74) is 0.701. The minimum Gasteiger partial charge on any atom is -0.393 e. The number of aliphatic hydroxyl groups excluding tert-OH is 3. The van der Waals surface area contributed by atoms with Crippen LogP contribution in [0.2, 0.25) is 0 Å². The first-order chi connectivity index (χ1) is 14.9. The van der Waals surface area contributed by atoms with E-state index >= 15 is 0 Å². The Balaban J connectivity index is 1.56. The van der Waals surface area contributed by atoms with Crippen molar-refractivity contribution < 1.29 is 24.5 Å². The quantitative estimate of drug-likeness (QED) is 0.435. The van der Waals surface area contributed by atoms with Gasteiger partial charge in [0.1, 0.15) is 11.6 Å². The zero-order valence-corrected chi connectivity index (χ0v) is 18.3. The number of rotatable bonds is 11. The van der Waals surface area contributed by atoms with E-state index in [0.717, 1.165) is 32.1 Å². The van der Waals surface area contributed by atoms with Crippen molar-refractivity contribution in [2.45, 2.75) is 83.0 Å². The summed E-state index contributed by atoms with van der Waals surface area (Å²) in [4.78, 5) is 11.0. The molecular formula is C26H35FO4. The molecule has 2 aromatic rings. The van der Waals surface area contributed by atoms with Gasteiger partial charge in [-0.1, -0.05) is 49.6 Å². The van der Waals surface area contributed by atoms with Crippen LogP contribution >= 0.6 is 0 Å². The van der Waals surface area contributed by atoms with Crippen LogP contribution in [-0.2, 0) is 4.79 Å². The van der Waals surface area contributed by atoms with Crippen molar-refractivity contribution >= 4 is 16.6 Å². The van der Waals surface area contributed by atoms with Gasteiger partial charge in [0.05, 0.1) is 18.3 Å². The molecule has 1 fully saturated rings. The highest BCUT2D eigenvalue weighted by molar-refractivity contribution is 5.86. The van der Waals surface area contributed by atoms with Crippen LogP contribution in [0, 0.1) is 17.7 Å². The average molecular weight is 431 g/mol. The summed E-state index contributed by atoms with van der Waals surface area (Å²) in [6, 6.07) is 10.2. The Morgan fingerprint density at radius 1 is 0.968 bits per heavy atom. The maximum absolute atomic E-state index is 14.1. The number of hydrogen-bond acceptors (Lipinski definition) is 4. The van der Waals surface area contributed by atoms with Gasteiger partial charge in [0.25, 0.3) is 0 Å². The lowest BCUT2D eigenvalue weighted by Gasteiger charge is -2.25. The molecule has 3 rings (SSSR count). The van der Waals surface area contributed by atoms with Crippen LogP contribution in [0.3, 0.4) is 0 Å². The smallest absolute Gasteiger partial charge is 0.131 e. The fourth-order valence-electron chi connectivity index (χ4n) is 5.18. The first-order valence-electron chi connectivity index (χ1n) is 11.6. The van der Waals surface area contributed by atoms with Gasteiger partial charge in [-0.3, -0.25) is 0 Å². The van der Waals surface area contributed by atoms with Crippen LogP contribution in [0.1, 0.15) is 76.4 Å². The van der Waals surface area contributed by atoms with Gasteiger partial charge < -0.3 is 20.1 Å². The molecule has 0 radical (unpaired) electrons. The largest absolute Gasteiger partial charge is 0.393 e. The zero-order chi connectivity index (χ0) is 22.4. The molecule has 0 amide bonds. The normalized spacial score (nSPS) is 24.5. The van der Waals surface area contributed by atoms with E-state index in [1.807, 2.05) is 12.1 Å². The van der Waals surface area contributed by atoms with E-state index in [0.29, 0.717) is 42.0 Å². The molecular weight excluding hydrogens is 395 g/mol.